The number of carbonyl (C=O) groups is 1. The SMILES string of the molecule is Cl.NCC(F)(F)CNC(=O)c1ccc2c(c1)OCCCO2. The summed E-state index contributed by atoms with van der Waals surface area (Å²) in [6.07, 6.45) is 0.749. The van der Waals surface area contributed by atoms with Crippen molar-refractivity contribution in [3.05, 3.63) is 23.8 Å². The summed E-state index contributed by atoms with van der Waals surface area (Å²) in [6.45, 7) is -0.574. The Labute approximate surface area is 127 Å². The third kappa shape index (κ3) is 4.71. The monoisotopic (exact) mass is 322 g/mol. The van der Waals surface area contributed by atoms with Crippen molar-refractivity contribution in [2.75, 3.05) is 26.3 Å². The van der Waals surface area contributed by atoms with E-state index in [0.29, 0.717) is 24.7 Å². The molecule has 3 N–H and O–H groups in total. The Bertz CT molecular complexity index is 500. The van der Waals surface area contributed by atoms with Gasteiger partial charge < -0.3 is 20.5 Å². The third-order valence-corrected chi connectivity index (χ3v) is 2.82. The first-order valence-corrected chi connectivity index (χ1v) is 6.27. The lowest BCUT2D eigenvalue weighted by Crippen LogP contribution is -2.41. The average Bonchev–Trinajstić information content (AvgIpc) is 2.69. The van der Waals surface area contributed by atoms with Gasteiger partial charge in [-0.15, -0.1) is 12.4 Å². The van der Waals surface area contributed by atoms with Crippen LogP contribution in [-0.4, -0.2) is 38.1 Å². The van der Waals surface area contributed by atoms with Crippen LogP contribution >= 0.6 is 12.4 Å². The summed E-state index contributed by atoms with van der Waals surface area (Å²) in [6, 6.07) is 4.58. The predicted molar refractivity (Wildman–Crippen MR) is 75.6 cm³/mol. The van der Waals surface area contributed by atoms with E-state index >= 15 is 0 Å². The molecule has 1 aromatic rings. The van der Waals surface area contributed by atoms with Gasteiger partial charge in [-0.2, -0.15) is 0 Å². The maximum absolute atomic E-state index is 13.0. The maximum Gasteiger partial charge on any atom is 0.277 e. The number of ether oxygens (including phenoxy) is 2. The fourth-order valence-electron chi connectivity index (χ4n) is 1.69. The van der Waals surface area contributed by atoms with Gasteiger partial charge in [-0.05, 0) is 18.2 Å². The highest BCUT2D eigenvalue weighted by molar-refractivity contribution is 5.94. The lowest BCUT2D eigenvalue weighted by Gasteiger charge is -2.15. The smallest absolute Gasteiger partial charge is 0.277 e. The van der Waals surface area contributed by atoms with Crippen LogP contribution in [0.4, 0.5) is 8.78 Å². The van der Waals surface area contributed by atoms with Gasteiger partial charge in [0.2, 0.25) is 0 Å². The molecule has 0 unspecified atom stereocenters. The molecule has 0 bridgehead atoms. The van der Waals surface area contributed by atoms with E-state index in [4.69, 9.17) is 15.2 Å². The van der Waals surface area contributed by atoms with Crippen molar-refractivity contribution in [3.8, 4) is 11.5 Å². The number of nitrogens with one attached hydrogen (secondary N) is 1. The minimum atomic E-state index is -3.11. The number of rotatable bonds is 4. The summed E-state index contributed by atoms with van der Waals surface area (Å²) >= 11 is 0. The Morgan fingerprint density at radius 2 is 1.95 bits per heavy atom. The molecule has 118 valence electrons. The summed E-state index contributed by atoms with van der Waals surface area (Å²) in [5.41, 5.74) is 5.14. The van der Waals surface area contributed by atoms with Crippen molar-refractivity contribution in [3.63, 3.8) is 0 Å². The fraction of sp³-hybridized carbons (Fsp3) is 0.462. The van der Waals surface area contributed by atoms with E-state index in [-0.39, 0.29) is 18.0 Å². The van der Waals surface area contributed by atoms with Crippen LogP contribution in [0, 0.1) is 0 Å². The highest BCUT2D eigenvalue weighted by Gasteiger charge is 2.27. The normalized spacial score (nSPS) is 13.9. The summed E-state index contributed by atoms with van der Waals surface area (Å²) in [5.74, 6) is -2.72. The molecule has 5 nitrogen and oxygen atoms in total. The van der Waals surface area contributed by atoms with E-state index in [9.17, 15) is 13.6 Å². The third-order valence-electron chi connectivity index (χ3n) is 2.82. The first-order valence-electron chi connectivity index (χ1n) is 6.27. The Hall–Kier alpha value is -1.60. The highest BCUT2D eigenvalue weighted by atomic mass is 35.5. The molecule has 21 heavy (non-hydrogen) atoms. The van der Waals surface area contributed by atoms with E-state index in [1.54, 1.807) is 6.07 Å². The molecule has 1 heterocycles. The molecule has 1 amide bonds. The second-order valence-electron chi connectivity index (χ2n) is 4.45. The van der Waals surface area contributed by atoms with Crippen LogP contribution in [0.25, 0.3) is 0 Å². The molecule has 1 aliphatic rings. The molecule has 0 fully saturated rings. The van der Waals surface area contributed by atoms with Crippen LogP contribution in [0.2, 0.25) is 0 Å². The number of fused-ring (bicyclic) bond motifs is 1. The maximum atomic E-state index is 13.0. The van der Waals surface area contributed by atoms with Crippen molar-refractivity contribution in [2.24, 2.45) is 5.73 Å². The largest absolute Gasteiger partial charge is 0.490 e. The second-order valence-corrected chi connectivity index (χ2v) is 4.45. The molecule has 0 spiro atoms. The zero-order valence-electron chi connectivity index (χ0n) is 11.2. The molecule has 1 aliphatic heterocycles. The van der Waals surface area contributed by atoms with Crippen molar-refractivity contribution < 1.29 is 23.0 Å². The molecule has 0 radical (unpaired) electrons. The minimum absolute atomic E-state index is 0. The van der Waals surface area contributed by atoms with Gasteiger partial charge in [0.1, 0.15) is 0 Å². The lowest BCUT2D eigenvalue weighted by atomic mass is 10.2. The van der Waals surface area contributed by atoms with Crippen molar-refractivity contribution >= 4 is 18.3 Å². The summed E-state index contributed by atoms with van der Waals surface area (Å²) in [4.78, 5) is 11.8. The van der Waals surface area contributed by atoms with E-state index in [0.717, 1.165) is 6.42 Å². The number of alkyl halides is 2. The van der Waals surface area contributed by atoms with Gasteiger partial charge in [-0.1, -0.05) is 0 Å². The first kappa shape index (κ1) is 17.5. The van der Waals surface area contributed by atoms with Gasteiger partial charge in [0.15, 0.2) is 11.5 Å². The molecule has 0 aliphatic carbocycles. The number of amides is 1. The van der Waals surface area contributed by atoms with Crippen molar-refractivity contribution in [1.82, 2.24) is 5.32 Å². The number of halogens is 3. The van der Waals surface area contributed by atoms with Crippen molar-refractivity contribution in [1.29, 1.82) is 0 Å². The molecule has 8 heteroatoms. The Kier molecular flexibility index (Phi) is 6.17. The molecule has 0 atom stereocenters. The van der Waals surface area contributed by atoms with E-state index in [1.807, 2.05) is 0 Å². The van der Waals surface area contributed by atoms with Crippen LogP contribution in [0.15, 0.2) is 18.2 Å². The Balaban J connectivity index is 0.00000220. The first-order chi connectivity index (χ1) is 9.52. The van der Waals surface area contributed by atoms with Gasteiger partial charge in [-0.25, -0.2) is 8.78 Å². The number of hydrogen-bond donors (Lipinski definition) is 2. The fourth-order valence-corrected chi connectivity index (χ4v) is 1.69. The quantitative estimate of drug-likeness (QED) is 0.883. The van der Waals surface area contributed by atoms with Crippen molar-refractivity contribution in [2.45, 2.75) is 12.3 Å². The molecule has 0 saturated carbocycles. The molecular formula is C13H17ClF2N2O3. The molecule has 2 rings (SSSR count). The molecule has 1 aromatic carbocycles. The van der Waals surface area contributed by atoms with Crippen LogP contribution in [-0.2, 0) is 0 Å². The second kappa shape index (κ2) is 7.42. The number of hydrogen-bond acceptors (Lipinski definition) is 4. The van der Waals surface area contributed by atoms with E-state index in [2.05, 4.69) is 5.32 Å². The van der Waals surface area contributed by atoms with E-state index < -0.39 is 24.9 Å². The summed E-state index contributed by atoms with van der Waals surface area (Å²) < 4.78 is 36.8. The molecule has 0 aromatic heterocycles. The highest BCUT2D eigenvalue weighted by Crippen LogP contribution is 2.30. The zero-order valence-corrected chi connectivity index (χ0v) is 12.1. The number of nitrogens with two attached hydrogens (primary N) is 1. The van der Waals surface area contributed by atoms with Crippen LogP contribution < -0.4 is 20.5 Å². The van der Waals surface area contributed by atoms with Gasteiger partial charge in [-0.3, -0.25) is 4.79 Å². The van der Waals surface area contributed by atoms with Crippen LogP contribution in [0.1, 0.15) is 16.8 Å². The standard InChI is InChI=1S/C13H16F2N2O3.ClH/c14-13(15,7-16)8-17-12(18)9-2-3-10-11(6-9)20-5-1-4-19-10;/h2-3,6H,1,4-5,7-8,16H2,(H,17,18);1H. The summed E-state index contributed by atoms with van der Waals surface area (Å²) in [5, 5.41) is 2.15. The van der Waals surface area contributed by atoms with Gasteiger partial charge in [0, 0.05) is 12.0 Å². The minimum Gasteiger partial charge on any atom is -0.490 e. The zero-order chi connectivity index (χ0) is 14.6. The van der Waals surface area contributed by atoms with Gasteiger partial charge >= 0.3 is 0 Å². The molecular weight excluding hydrogens is 306 g/mol. The Morgan fingerprint density at radius 3 is 2.62 bits per heavy atom. The van der Waals surface area contributed by atoms with Crippen LogP contribution in [0.3, 0.4) is 0 Å². The molecule has 0 saturated heterocycles. The Morgan fingerprint density at radius 1 is 1.29 bits per heavy atom. The average molecular weight is 323 g/mol. The van der Waals surface area contributed by atoms with E-state index in [1.165, 1.54) is 12.1 Å². The summed E-state index contributed by atoms with van der Waals surface area (Å²) in [7, 11) is 0. The predicted octanol–water partition coefficient (Wildman–Crippen LogP) is 1.59. The number of carbonyl (C=O) groups excluding carboxylic acids is 1. The van der Waals surface area contributed by atoms with Gasteiger partial charge in [0.05, 0.1) is 26.3 Å². The number of benzene rings is 1. The lowest BCUT2D eigenvalue weighted by molar-refractivity contribution is 0.0118. The topological polar surface area (TPSA) is 73.6 Å². The van der Waals surface area contributed by atoms with Crippen LogP contribution in [0.5, 0.6) is 11.5 Å². The van der Waals surface area contributed by atoms with Gasteiger partial charge in [0.25, 0.3) is 11.8 Å².